The lowest BCUT2D eigenvalue weighted by molar-refractivity contribution is -0.141. The monoisotopic (exact) mass is 700 g/mol. The Balaban J connectivity index is 1.16. The van der Waals surface area contributed by atoms with E-state index in [1.807, 2.05) is 53.4 Å². The standard InChI is InChI=1S/C36H34Cl2N6O5/c1-49-34-30(19-43-15-21(16-43)20-45)39-14-29(41-34)28-7-3-6-27(33(28)38)26-5-2-4-25(32(26)37)22-9-11-44-31(12-22)40-13-24(35(44)46)18-42-10-8-23(17-42)36(47)48/h2-7,9,11-14,21,23,45H,8,10,15-20H2,1H3,(H,47,48)/t23-/m1/s1. The van der Waals surface area contributed by atoms with Gasteiger partial charge >= 0.3 is 5.97 Å². The number of hydrogen-bond acceptors (Lipinski definition) is 9. The molecule has 49 heavy (non-hydrogen) atoms. The van der Waals surface area contributed by atoms with E-state index in [1.165, 1.54) is 4.40 Å². The highest BCUT2D eigenvalue weighted by Gasteiger charge is 2.29. The summed E-state index contributed by atoms with van der Waals surface area (Å²) in [6.07, 6.45) is 5.52. The minimum Gasteiger partial charge on any atom is -0.481 e. The average molecular weight is 702 g/mol. The third-order valence-electron chi connectivity index (χ3n) is 9.34. The van der Waals surface area contributed by atoms with Crippen LogP contribution >= 0.6 is 23.2 Å². The quantitative estimate of drug-likeness (QED) is 0.202. The lowest BCUT2D eigenvalue weighted by Gasteiger charge is -2.37. The van der Waals surface area contributed by atoms with Crippen LogP contribution in [0.1, 0.15) is 17.7 Å². The predicted molar refractivity (Wildman–Crippen MR) is 187 cm³/mol. The smallest absolute Gasteiger partial charge is 0.307 e. The number of fused-ring (bicyclic) bond motifs is 1. The van der Waals surface area contributed by atoms with Crippen molar-refractivity contribution in [1.82, 2.24) is 29.2 Å². The van der Waals surface area contributed by atoms with Crippen molar-refractivity contribution in [3.63, 3.8) is 0 Å². The molecule has 1 atom stereocenters. The first kappa shape index (κ1) is 33.1. The van der Waals surface area contributed by atoms with Crippen molar-refractivity contribution in [2.75, 3.05) is 39.9 Å². The molecule has 0 amide bonds. The van der Waals surface area contributed by atoms with E-state index in [-0.39, 0.29) is 12.2 Å². The molecule has 7 rings (SSSR count). The van der Waals surface area contributed by atoms with Gasteiger partial charge in [0.25, 0.3) is 5.56 Å². The van der Waals surface area contributed by atoms with Gasteiger partial charge in [-0.25, -0.2) is 9.97 Å². The molecule has 0 aliphatic carbocycles. The Labute approximate surface area is 292 Å². The average Bonchev–Trinajstić information content (AvgIpc) is 3.57. The van der Waals surface area contributed by atoms with E-state index in [2.05, 4.69) is 14.9 Å². The second-order valence-electron chi connectivity index (χ2n) is 12.6. The number of rotatable bonds is 10. The Morgan fingerprint density at radius 2 is 1.65 bits per heavy atom. The Morgan fingerprint density at radius 3 is 2.35 bits per heavy atom. The van der Waals surface area contributed by atoms with Gasteiger partial charge in [0.2, 0.25) is 5.88 Å². The number of benzene rings is 2. The van der Waals surface area contributed by atoms with E-state index in [0.29, 0.717) is 76.9 Å². The molecule has 2 aliphatic rings. The van der Waals surface area contributed by atoms with Crippen LogP contribution in [-0.4, -0.2) is 85.2 Å². The number of likely N-dealkylation sites (tertiary alicyclic amines) is 2. The fourth-order valence-corrected chi connectivity index (χ4v) is 7.30. The molecule has 0 saturated carbocycles. The maximum atomic E-state index is 13.3. The maximum absolute atomic E-state index is 13.3. The summed E-state index contributed by atoms with van der Waals surface area (Å²) in [5.74, 6) is -0.505. The SMILES string of the molecule is COc1nc(-c2cccc(-c3cccc(-c4ccn5c(=O)c(CN6CC[C@@H](C(=O)O)C6)cnc5c4)c3Cl)c2Cl)cnc1CN1CC(CO)C1. The number of aliphatic hydroxyl groups excluding tert-OH is 1. The Morgan fingerprint density at radius 1 is 0.939 bits per heavy atom. The zero-order valence-electron chi connectivity index (χ0n) is 26.7. The number of carboxylic acids is 1. The second-order valence-corrected chi connectivity index (χ2v) is 13.3. The van der Waals surface area contributed by atoms with E-state index >= 15 is 0 Å². The number of methoxy groups -OCH3 is 1. The van der Waals surface area contributed by atoms with Crippen molar-refractivity contribution in [3.05, 3.63) is 98.8 Å². The van der Waals surface area contributed by atoms with Crippen molar-refractivity contribution in [3.8, 4) is 39.4 Å². The highest BCUT2D eigenvalue weighted by atomic mass is 35.5. The lowest BCUT2D eigenvalue weighted by atomic mass is 9.97. The molecule has 5 heterocycles. The molecule has 2 N–H and O–H groups in total. The summed E-state index contributed by atoms with van der Waals surface area (Å²) in [5, 5.41) is 19.6. The number of aliphatic carboxylic acids is 1. The van der Waals surface area contributed by atoms with Gasteiger partial charge in [0.15, 0.2) is 0 Å². The van der Waals surface area contributed by atoms with E-state index in [9.17, 15) is 19.8 Å². The molecule has 13 heteroatoms. The molecule has 0 unspecified atom stereocenters. The molecule has 2 saturated heterocycles. The number of nitrogens with zero attached hydrogens (tertiary/aromatic N) is 6. The van der Waals surface area contributed by atoms with Crippen molar-refractivity contribution in [2.24, 2.45) is 11.8 Å². The summed E-state index contributed by atoms with van der Waals surface area (Å²) < 4.78 is 7.09. The van der Waals surface area contributed by atoms with Crippen LogP contribution in [0.4, 0.5) is 0 Å². The first-order valence-electron chi connectivity index (χ1n) is 16.0. The van der Waals surface area contributed by atoms with E-state index in [1.54, 1.807) is 25.7 Å². The van der Waals surface area contributed by atoms with Crippen LogP contribution in [0, 0.1) is 11.8 Å². The summed E-state index contributed by atoms with van der Waals surface area (Å²) in [5.41, 5.74) is 5.72. The molecule has 2 fully saturated rings. The van der Waals surface area contributed by atoms with Gasteiger partial charge in [0.1, 0.15) is 11.3 Å². The van der Waals surface area contributed by atoms with E-state index in [0.717, 1.165) is 41.0 Å². The highest BCUT2D eigenvalue weighted by Crippen LogP contribution is 2.42. The number of carbonyl (C=O) groups is 1. The Hall–Kier alpha value is -4.39. The van der Waals surface area contributed by atoms with Crippen LogP contribution < -0.4 is 10.3 Å². The molecule has 2 aromatic carbocycles. The van der Waals surface area contributed by atoms with Crippen LogP contribution in [0.15, 0.2) is 71.9 Å². The van der Waals surface area contributed by atoms with Gasteiger partial charge < -0.3 is 14.9 Å². The second kappa shape index (κ2) is 13.9. The summed E-state index contributed by atoms with van der Waals surface area (Å²) in [6.45, 7) is 3.77. The Kier molecular flexibility index (Phi) is 9.36. The van der Waals surface area contributed by atoms with Crippen LogP contribution in [0.25, 0.3) is 39.2 Å². The first-order valence-corrected chi connectivity index (χ1v) is 16.8. The third-order valence-corrected chi connectivity index (χ3v) is 10.2. The van der Waals surface area contributed by atoms with Gasteiger partial charge in [0, 0.05) is 79.9 Å². The van der Waals surface area contributed by atoms with Gasteiger partial charge in [-0.1, -0.05) is 59.6 Å². The lowest BCUT2D eigenvalue weighted by Crippen LogP contribution is -2.47. The zero-order chi connectivity index (χ0) is 34.2. The minimum absolute atomic E-state index is 0.181. The fraction of sp³-hybridized carbons (Fsp3) is 0.306. The summed E-state index contributed by atoms with van der Waals surface area (Å²) >= 11 is 14.1. The number of carboxylic acid groups (broad SMARTS) is 1. The Bertz CT molecular complexity index is 2120. The number of pyridine rings is 1. The summed E-state index contributed by atoms with van der Waals surface area (Å²) in [7, 11) is 1.57. The minimum atomic E-state index is -0.808. The van der Waals surface area contributed by atoms with Crippen LogP contribution in [-0.2, 0) is 17.9 Å². The van der Waals surface area contributed by atoms with Crippen molar-refractivity contribution < 1.29 is 19.7 Å². The molecule has 5 aromatic rings. The maximum Gasteiger partial charge on any atom is 0.307 e. The highest BCUT2D eigenvalue weighted by molar-refractivity contribution is 6.39. The van der Waals surface area contributed by atoms with Gasteiger partial charge in [-0.15, -0.1) is 0 Å². The molecular formula is C36H34Cl2N6O5. The normalized spacial score (nSPS) is 17.0. The molecular weight excluding hydrogens is 667 g/mol. The first-order chi connectivity index (χ1) is 23.7. The molecule has 0 bridgehead atoms. The fourth-order valence-electron chi connectivity index (χ4n) is 6.64. The van der Waals surface area contributed by atoms with Gasteiger partial charge in [-0.2, -0.15) is 0 Å². The number of aliphatic hydroxyl groups is 1. The van der Waals surface area contributed by atoms with Crippen molar-refractivity contribution in [2.45, 2.75) is 19.5 Å². The van der Waals surface area contributed by atoms with Crippen molar-refractivity contribution >= 4 is 34.8 Å². The topological polar surface area (TPSA) is 133 Å². The number of aromatic nitrogens is 4. The van der Waals surface area contributed by atoms with Gasteiger partial charge in [-0.05, 0) is 30.7 Å². The largest absolute Gasteiger partial charge is 0.481 e. The molecule has 3 aromatic heterocycles. The third kappa shape index (κ3) is 6.52. The summed E-state index contributed by atoms with van der Waals surface area (Å²) in [6, 6.07) is 15.0. The molecule has 11 nitrogen and oxygen atoms in total. The number of halogens is 2. The van der Waals surface area contributed by atoms with Crippen LogP contribution in [0.5, 0.6) is 5.88 Å². The predicted octanol–water partition coefficient (Wildman–Crippen LogP) is 5.13. The number of ether oxygens (including phenoxy) is 1. The summed E-state index contributed by atoms with van der Waals surface area (Å²) in [4.78, 5) is 42.8. The van der Waals surface area contributed by atoms with Gasteiger partial charge in [-0.3, -0.25) is 28.8 Å². The molecule has 0 spiro atoms. The van der Waals surface area contributed by atoms with E-state index < -0.39 is 11.9 Å². The van der Waals surface area contributed by atoms with Gasteiger partial charge in [0.05, 0.1) is 40.5 Å². The molecule has 2 aliphatic heterocycles. The molecule has 0 radical (unpaired) electrons. The zero-order valence-corrected chi connectivity index (χ0v) is 28.2. The molecule has 252 valence electrons. The van der Waals surface area contributed by atoms with Crippen LogP contribution in [0.3, 0.4) is 0 Å². The number of hydrogen-bond donors (Lipinski definition) is 2. The van der Waals surface area contributed by atoms with Crippen LogP contribution in [0.2, 0.25) is 10.0 Å². The van der Waals surface area contributed by atoms with E-state index in [4.69, 9.17) is 32.9 Å². The van der Waals surface area contributed by atoms with Crippen molar-refractivity contribution in [1.29, 1.82) is 0 Å².